The Morgan fingerprint density at radius 1 is 1.35 bits per heavy atom. The molecule has 1 amide bonds. The molecule has 0 unspecified atom stereocenters. The SMILES string of the molecule is O=C(Cc1ccc(Cl)s1)Nc1cccc(Br)c1. The zero-order valence-electron chi connectivity index (χ0n) is 8.74. The lowest BCUT2D eigenvalue weighted by Crippen LogP contribution is -2.13. The first-order valence-electron chi connectivity index (χ1n) is 4.93. The summed E-state index contributed by atoms with van der Waals surface area (Å²) in [5.41, 5.74) is 0.784. The predicted octanol–water partition coefficient (Wildman–Crippen LogP) is 4.35. The van der Waals surface area contributed by atoms with Gasteiger partial charge in [-0.1, -0.05) is 33.6 Å². The minimum atomic E-state index is -0.0402. The molecule has 0 radical (unpaired) electrons. The third-order valence-corrected chi connectivity index (χ3v) is 3.80. The Morgan fingerprint density at radius 2 is 2.18 bits per heavy atom. The molecule has 1 N–H and O–H groups in total. The maximum absolute atomic E-state index is 11.7. The quantitative estimate of drug-likeness (QED) is 0.891. The van der Waals surface area contributed by atoms with Gasteiger partial charge in [0, 0.05) is 15.0 Å². The van der Waals surface area contributed by atoms with Crippen LogP contribution in [0.15, 0.2) is 40.9 Å². The zero-order chi connectivity index (χ0) is 12.3. The van der Waals surface area contributed by atoms with Crippen LogP contribution in [0.1, 0.15) is 4.88 Å². The maximum atomic E-state index is 11.7. The van der Waals surface area contributed by atoms with Gasteiger partial charge in [0.2, 0.25) is 5.91 Å². The molecule has 1 heterocycles. The standard InChI is InChI=1S/C12H9BrClNOS/c13-8-2-1-3-9(6-8)15-12(16)7-10-4-5-11(14)17-10/h1-6H,7H2,(H,15,16). The van der Waals surface area contributed by atoms with E-state index >= 15 is 0 Å². The van der Waals surface area contributed by atoms with Gasteiger partial charge in [-0.25, -0.2) is 0 Å². The molecule has 0 spiro atoms. The van der Waals surface area contributed by atoms with Crippen molar-refractivity contribution < 1.29 is 4.79 Å². The van der Waals surface area contributed by atoms with Crippen LogP contribution in [0.5, 0.6) is 0 Å². The molecule has 2 rings (SSSR count). The van der Waals surface area contributed by atoms with Crippen LogP contribution in [-0.4, -0.2) is 5.91 Å². The third-order valence-electron chi connectivity index (χ3n) is 2.07. The van der Waals surface area contributed by atoms with E-state index in [2.05, 4.69) is 21.2 Å². The molecule has 0 fully saturated rings. The average molecular weight is 331 g/mol. The van der Waals surface area contributed by atoms with E-state index in [0.717, 1.165) is 15.0 Å². The molecule has 0 saturated heterocycles. The molecule has 2 aromatic rings. The summed E-state index contributed by atoms with van der Waals surface area (Å²) in [7, 11) is 0. The number of hydrogen-bond donors (Lipinski definition) is 1. The lowest BCUT2D eigenvalue weighted by atomic mass is 10.3. The maximum Gasteiger partial charge on any atom is 0.229 e. The van der Waals surface area contributed by atoms with E-state index in [1.807, 2.05) is 30.3 Å². The molecule has 1 aromatic heterocycles. The van der Waals surface area contributed by atoms with Crippen molar-refractivity contribution in [2.45, 2.75) is 6.42 Å². The smallest absolute Gasteiger partial charge is 0.229 e. The molecular weight excluding hydrogens is 322 g/mol. The second kappa shape index (κ2) is 5.67. The first kappa shape index (κ1) is 12.6. The van der Waals surface area contributed by atoms with Gasteiger partial charge in [-0.15, -0.1) is 11.3 Å². The Labute approximate surface area is 117 Å². The number of nitrogens with one attached hydrogen (secondary N) is 1. The number of benzene rings is 1. The minimum absolute atomic E-state index is 0.0402. The van der Waals surface area contributed by atoms with Gasteiger partial charge in [0.05, 0.1) is 10.8 Å². The van der Waals surface area contributed by atoms with Gasteiger partial charge in [-0.2, -0.15) is 0 Å². The number of hydrogen-bond acceptors (Lipinski definition) is 2. The molecule has 0 atom stereocenters. The van der Waals surface area contributed by atoms with Crippen molar-refractivity contribution in [3.8, 4) is 0 Å². The fourth-order valence-corrected chi connectivity index (χ4v) is 2.86. The van der Waals surface area contributed by atoms with Gasteiger partial charge >= 0.3 is 0 Å². The second-order valence-corrected chi connectivity index (χ2v) is 6.16. The fourth-order valence-electron chi connectivity index (χ4n) is 1.38. The van der Waals surface area contributed by atoms with E-state index in [0.29, 0.717) is 10.8 Å². The Balaban J connectivity index is 1.98. The summed E-state index contributed by atoms with van der Waals surface area (Å²) < 4.78 is 1.64. The van der Waals surface area contributed by atoms with Crippen molar-refractivity contribution >= 4 is 50.5 Å². The van der Waals surface area contributed by atoms with Gasteiger partial charge in [0.25, 0.3) is 0 Å². The third kappa shape index (κ3) is 3.84. The number of amides is 1. The summed E-state index contributed by atoms with van der Waals surface area (Å²) >= 11 is 10.6. The van der Waals surface area contributed by atoms with Gasteiger partial charge < -0.3 is 5.32 Å². The molecule has 0 aliphatic rings. The van der Waals surface area contributed by atoms with Gasteiger partial charge in [0.15, 0.2) is 0 Å². The van der Waals surface area contributed by atoms with Gasteiger partial charge in [-0.05, 0) is 30.3 Å². The first-order chi connectivity index (χ1) is 8.13. The van der Waals surface area contributed by atoms with Crippen LogP contribution in [0, 0.1) is 0 Å². The largest absolute Gasteiger partial charge is 0.326 e. The van der Waals surface area contributed by atoms with Crippen LogP contribution < -0.4 is 5.32 Å². The number of carbonyl (C=O) groups excluding carboxylic acids is 1. The highest BCUT2D eigenvalue weighted by Gasteiger charge is 2.06. The topological polar surface area (TPSA) is 29.1 Å². The second-order valence-electron chi connectivity index (χ2n) is 3.44. The highest BCUT2D eigenvalue weighted by atomic mass is 79.9. The highest BCUT2D eigenvalue weighted by molar-refractivity contribution is 9.10. The number of rotatable bonds is 3. The van der Waals surface area contributed by atoms with Crippen molar-refractivity contribution in [3.05, 3.63) is 50.1 Å². The van der Waals surface area contributed by atoms with Crippen molar-refractivity contribution in [1.29, 1.82) is 0 Å². The predicted molar refractivity (Wildman–Crippen MR) is 75.8 cm³/mol. The normalized spacial score (nSPS) is 10.2. The van der Waals surface area contributed by atoms with Crippen LogP contribution in [0.25, 0.3) is 0 Å². The number of thiophene rings is 1. The van der Waals surface area contributed by atoms with Crippen molar-refractivity contribution in [1.82, 2.24) is 0 Å². The van der Waals surface area contributed by atoms with Crippen molar-refractivity contribution in [3.63, 3.8) is 0 Å². The molecule has 0 aliphatic heterocycles. The van der Waals surface area contributed by atoms with Crippen LogP contribution in [-0.2, 0) is 11.2 Å². The van der Waals surface area contributed by atoms with Gasteiger partial charge in [-0.3, -0.25) is 4.79 Å². The summed E-state index contributed by atoms with van der Waals surface area (Å²) in [4.78, 5) is 12.7. The van der Waals surface area contributed by atoms with Crippen LogP contribution in [0.3, 0.4) is 0 Å². The fraction of sp³-hybridized carbons (Fsp3) is 0.0833. The lowest BCUT2D eigenvalue weighted by Gasteiger charge is -2.04. The molecule has 5 heteroatoms. The summed E-state index contributed by atoms with van der Waals surface area (Å²) in [6, 6.07) is 11.2. The summed E-state index contributed by atoms with van der Waals surface area (Å²) in [6.45, 7) is 0. The molecular formula is C12H9BrClNOS. The number of halogens is 2. The van der Waals surface area contributed by atoms with E-state index in [-0.39, 0.29) is 5.91 Å². The zero-order valence-corrected chi connectivity index (χ0v) is 11.9. The van der Waals surface area contributed by atoms with E-state index in [1.165, 1.54) is 11.3 Å². The Kier molecular flexibility index (Phi) is 4.20. The highest BCUT2D eigenvalue weighted by Crippen LogP contribution is 2.22. The Hall–Kier alpha value is -0.840. The van der Waals surface area contributed by atoms with Crippen molar-refractivity contribution in [2.24, 2.45) is 0 Å². The van der Waals surface area contributed by atoms with Crippen molar-refractivity contribution in [2.75, 3.05) is 5.32 Å². The van der Waals surface area contributed by atoms with E-state index in [9.17, 15) is 4.79 Å². The minimum Gasteiger partial charge on any atom is -0.326 e. The number of carbonyl (C=O) groups is 1. The Bertz CT molecular complexity index is 541. The van der Waals surface area contributed by atoms with E-state index in [1.54, 1.807) is 6.07 Å². The molecule has 88 valence electrons. The monoisotopic (exact) mass is 329 g/mol. The first-order valence-corrected chi connectivity index (χ1v) is 6.92. The molecule has 1 aromatic carbocycles. The summed E-state index contributed by atoms with van der Waals surface area (Å²) in [5.74, 6) is -0.0402. The van der Waals surface area contributed by atoms with E-state index in [4.69, 9.17) is 11.6 Å². The molecule has 0 bridgehead atoms. The molecule has 0 aliphatic carbocycles. The summed E-state index contributed by atoms with van der Waals surface area (Å²) in [6.07, 6.45) is 0.351. The number of anilines is 1. The van der Waals surface area contributed by atoms with Crippen LogP contribution in [0.4, 0.5) is 5.69 Å². The Morgan fingerprint density at radius 3 is 2.82 bits per heavy atom. The summed E-state index contributed by atoms with van der Waals surface area (Å²) in [5, 5.41) is 2.84. The molecule has 2 nitrogen and oxygen atoms in total. The van der Waals surface area contributed by atoms with Crippen LogP contribution >= 0.6 is 38.9 Å². The lowest BCUT2D eigenvalue weighted by molar-refractivity contribution is -0.115. The average Bonchev–Trinajstić information content (AvgIpc) is 2.63. The van der Waals surface area contributed by atoms with Gasteiger partial charge in [0.1, 0.15) is 0 Å². The van der Waals surface area contributed by atoms with E-state index < -0.39 is 0 Å². The molecule has 0 saturated carbocycles. The van der Waals surface area contributed by atoms with Crippen LogP contribution in [0.2, 0.25) is 4.34 Å². The molecule has 17 heavy (non-hydrogen) atoms.